The molecule has 1 atom stereocenters. The SMILES string of the molecule is COc1cc(C)cc2cc(-c3cc(C(=O)N(Cl)C4CCNC4=O)n4ncnc(N)c34)sc12. The van der Waals surface area contributed by atoms with E-state index in [1.807, 2.05) is 19.1 Å². The van der Waals surface area contributed by atoms with Crippen LogP contribution in [0.4, 0.5) is 5.82 Å². The molecule has 3 aromatic heterocycles. The Morgan fingerprint density at radius 2 is 2.19 bits per heavy atom. The molecule has 1 unspecified atom stereocenters. The lowest BCUT2D eigenvalue weighted by atomic mass is 10.1. The van der Waals surface area contributed by atoms with E-state index in [4.69, 9.17) is 22.2 Å². The maximum atomic E-state index is 13.2. The van der Waals surface area contributed by atoms with Crippen molar-refractivity contribution in [1.29, 1.82) is 0 Å². The molecule has 5 rings (SSSR count). The van der Waals surface area contributed by atoms with Crippen molar-refractivity contribution in [3.05, 3.63) is 41.9 Å². The zero-order chi connectivity index (χ0) is 22.6. The molecule has 4 heterocycles. The largest absolute Gasteiger partial charge is 0.495 e. The number of nitrogens with two attached hydrogens (primary N) is 1. The van der Waals surface area contributed by atoms with E-state index in [9.17, 15) is 9.59 Å². The summed E-state index contributed by atoms with van der Waals surface area (Å²) in [6, 6.07) is 7.02. The number of aromatic nitrogens is 3. The average Bonchev–Trinajstić information content (AvgIpc) is 3.48. The number of nitrogens with one attached hydrogen (secondary N) is 1. The molecule has 0 spiro atoms. The molecule has 164 valence electrons. The number of amides is 2. The zero-order valence-corrected chi connectivity index (χ0v) is 18.8. The van der Waals surface area contributed by atoms with Gasteiger partial charge < -0.3 is 15.8 Å². The number of nitrogen functional groups attached to an aromatic ring is 1. The van der Waals surface area contributed by atoms with E-state index < -0.39 is 11.9 Å². The highest BCUT2D eigenvalue weighted by Crippen LogP contribution is 2.42. The Hall–Kier alpha value is -3.37. The maximum absolute atomic E-state index is 13.2. The third-order valence-electron chi connectivity index (χ3n) is 5.50. The summed E-state index contributed by atoms with van der Waals surface area (Å²) < 4.78 is 8.89. The zero-order valence-electron chi connectivity index (χ0n) is 17.3. The smallest absolute Gasteiger partial charge is 0.287 e. The Labute approximate surface area is 191 Å². The summed E-state index contributed by atoms with van der Waals surface area (Å²) in [5, 5.41) is 7.94. The fraction of sp³-hybridized carbons (Fsp3) is 0.238. The predicted molar refractivity (Wildman–Crippen MR) is 123 cm³/mol. The van der Waals surface area contributed by atoms with Crippen molar-refractivity contribution in [3.63, 3.8) is 0 Å². The molecule has 32 heavy (non-hydrogen) atoms. The Balaban J connectivity index is 1.68. The Bertz CT molecular complexity index is 1400. The van der Waals surface area contributed by atoms with Crippen LogP contribution in [0.3, 0.4) is 0 Å². The Morgan fingerprint density at radius 3 is 2.91 bits per heavy atom. The quantitative estimate of drug-likeness (QED) is 0.443. The molecule has 2 amide bonds. The molecule has 3 N–H and O–H groups in total. The maximum Gasteiger partial charge on any atom is 0.287 e. The number of benzene rings is 1. The van der Waals surface area contributed by atoms with Crippen LogP contribution >= 0.6 is 23.1 Å². The molecule has 1 saturated heterocycles. The minimum absolute atomic E-state index is 0.194. The minimum atomic E-state index is -0.742. The number of nitrogens with zero attached hydrogens (tertiary/aromatic N) is 4. The minimum Gasteiger partial charge on any atom is -0.495 e. The van der Waals surface area contributed by atoms with Crippen molar-refractivity contribution in [3.8, 4) is 16.2 Å². The number of hydrogen-bond acceptors (Lipinski definition) is 7. The van der Waals surface area contributed by atoms with Crippen LogP contribution in [0.1, 0.15) is 22.5 Å². The number of halogens is 1. The van der Waals surface area contributed by atoms with Crippen molar-refractivity contribution in [2.75, 3.05) is 19.4 Å². The monoisotopic (exact) mass is 470 g/mol. The molecule has 4 aromatic rings. The van der Waals surface area contributed by atoms with Crippen LogP contribution in [0.2, 0.25) is 0 Å². The van der Waals surface area contributed by atoms with Gasteiger partial charge in [-0.2, -0.15) is 5.10 Å². The summed E-state index contributed by atoms with van der Waals surface area (Å²) in [5.74, 6) is 0.187. The van der Waals surface area contributed by atoms with Gasteiger partial charge in [0, 0.05) is 28.8 Å². The lowest BCUT2D eigenvalue weighted by molar-refractivity contribution is -0.121. The van der Waals surface area contributed by atoms with E-state index in [1.54, 1.807) is 13.2 Å². The Morgan fingerprint density at radius 1 is 1.38 bits per heavy atom. The first-order valence-electron chi connectivity index (χ1n) is 9.87. The van der Waals surface area contributed by atoms with E-state index >= 15 is 0 Å². The van der Waals surface area contributed by atoms with Gasteiger partial charge in [0.25, 0.3) is 5.91 Å². The normalized spacial score (nSPS) is 16.0. The molecule has 1 aliphatic heterocycles. The third-order valence-corrected chi connectivity index (χ3v) is 7.09. The molecule has 1 aliphatic rings. The van der Waals surface area contributed by atoms with Crippen LogP contribution in [0.5, 0.6) is 5.75 Å². The van der Waals surface area contributed by atoms with Crippen molar-refractivity contribution in [1.82, 2.24) is 24.3 Å². The van der Waals surface area contributed by atoms with E-state index in [2.05, 4.69) is 21.5 Å². The van der Waals surface area contributed by atoms with E-state index in [0.29, 0.717) is 24.0 Å². The Kier molecular flexibility index (Phi) is 4.90. The molecule has 1 aromatic carbocycles. The number of carbonyl (C=O) groups is 2. The molecular weight excluding hydrogens is 452 g/mol. The molecule has 11 heteroatoms. The van der Waals surface area contributed by atoms with Crippen molar-refractivity contribution in [2.45, 2.75) is 19.4 Å². The van der Waals surface area contributed by atoms with Gasteiger partial charge >= 0.3 is 0 Å². The number of rotatable bonds is 4. The van der Waals surface area contributed by atoms with Crippen LogP contribution in [-0.2, 0) is 4.79 Å². The molecule has 9 nitrogen and oxygen atoms in total. The number of hydrogen-bond donors (Lipinski definition) is 2. The molecule has 0 aliphatic carbocycles. The van der Waals surface area contributed by atoms with Crippen molar-refractivity contribution < 1.29 is 14.3 Å². The van der Waals surface area contributed by atoms with E-state index in [-0.39, 0.29) is 17.4 Å². The van der Waals surface area contributed by atoms with E-state index in [0.717, 1.165) is 30.7 Å². The number of fused-ring (bicyclic) bond motifs is 2. The number of carbonyl (C=O) groups excluding carboxylic acids is 2. The summed E-state index contributed by atoms with van der Waals surface area (Å²) in [7, 11) is 1.64. The number of methoxy groups -OCH3 is 1. The highest BCUT2D eigenvalue weighted by Gasteiger charge is 2.35. The fourth-order valence-electron chi connectivity index (χ4n) is 4.00. The summed E-state index contributed by atoms with van der Waals surface area (Å²) in [4.78, 5) is 30.3. The second-order valence-electron chi connectivity index (χ2n) is 7.56. The lowest BCUT2D eigenvalue weighted by Crippen LogP contribution is -2.38. The summed E-state index contributed by atoms with van der Waals surface area (Å²) in [5.41, 5.74) is 8.66. The standard InChI is InChI=1S/C21H19ClN6O3S/c1-10-5-11-7-16(32-18(11)15(6-10)31-2)12-8-14(28-17(12)19(23)25-9-26-28)21(30)27(22)13-3-4-24-20(13)29/h5-9,13H,3-4H2,1-2H3,(H,24,29)(H2,23,25,26). The first-order chi connectivity index (χ1) is 15.4. The van der Waals surface area contributed by atoms with Gasteiger partial charge in [-0.05, 0) is 42.5 Å². The lowest BCUT2D eigenvalue weighted by Gasteiger charge is -2.18. The van der Waals surface area contributed by atoms with Gasteiger partial charge in [-0.1, -0.05) is 6.07 Å². The topological polar surface area (TPSA) is 115 Å². The van der Waals surface area contributed by atoms with Crippen LogP contribution < -0.4 is 15.8 Å². The second kappa shape index (κ2) is 7.64. The van der Waals surface area contributed by atoms with Gasteiger partial charge in [0.2, 0.25) is 5.91 Å². The predicted octanol–water partition coefficient (Wildman–Crippen LogP) is 2.99. The molecule has 1 fully saturated rings. The third kappa shape index (κ3) is 3.14. The van der Waals surface area contributed by atoms with Gasteiger partial charge in [0.05, 0.1) is 11.8 Å². The number of anilines is 1. The van der Waals surface area contributed by atoms with Gasteiger partial charge in [-0.3, -0.25) is 9.59 Å². The highest BCUT2D eigenvalue weighted by molar-refractivity contribution is 7.22. The van der Waals surface area contributed by atoms with Crippen molar-refractivity contribution in [2.24, 2.45) is 0 Å². The average molecular weight is 471 g/mol. The molecular formula is C21H19ClN6O3S. The summed E-state index contributed by atoms with van der Waals surface area (Å²) in [6.45, 7) is 2.47. The first kappa shape index (κ1) is 20.5. The molecule has 0 saturated carbocycles. The molecule has 0 radical (unpaired) electrons. The van der Waals surface area contributed by atoms with Crippen LogP contribution in [0, 0.1) is 6.92 Å². The van der Waals surface area contributed by atoms with Gasteiger partial charge in [-0.15, -0.1) is 11.3 Å². The number of aryl methyl sites for hydroxylation is 1. The van der Waals surface area contributed by atoms with Crippen LogP contribution in [-0.4, -0.2) is 50.5 Å². The number of thiophene rings is 1. The van der Waals surface area contributed by atoms with Crippen LogP contribution in [0.25, 0.3) is 26.0 Å². The summed E-state index contributed by atoms with van der Waals surface area (Å²) >= 11 is 7.83. The number of ether oxygens (including phenoxy) is 1. The fourth-order valence-corrected chi connectivity index (χ4v) is 5.43. The first-order valence-corrected chi connectivity index (χ1v) is 11.0. The van der Waals surface area contributed by atoms with Gasteiger partial charge in [-0.25, -0.2) is 13.9 Å². The summed E-state index contributed by atoms with van der Waals surface area (Å²) in [6.07, 6.45) is 1.72. The highest BCUT2D eigenvalue weighted by atomic mass is 35.5. The van der Waals surface area contributed by atoms with Gasteiger partial charge in [0.1, 0.15) is 29.3 Å². The van der Waals surface area contributed by atoms with Crippen LogP contribution in [0.15, 0.2) is 30.6 Å². The molecule has 0 bridgehead atoms. The van der Waals surface area contributed by atoms with Crippen molar-refractivity contribution >= 4 is 56.3 Å². The van der Waals surface area contributed by atoms with Gasteiger partial charge in [0.15, 0.2) is 5.82 Å². The second-order valence-corrected chi connectivity index (χ2v) is 8.97. The van der Waals surface area contributed by atoms with E-state index in [1.165, 1.54) is 22.2 Å².